The van der Waals surface area contributed by atoms with Crippen LogP contribution in [0.4, 0.5) is 0 Å². The molecule has 2 unspecified atom stereocenters. The van der Waals surface area contributed by atoms with E-state index in [0.29, 0.717) is 18.2 Å². The molecule has 0 amide bonds. The molecule has 1 aromatic rings. The van der Waals surface area contributed by atoms with Crippen LogP contribution in [0.3, 0.4) is 0 Å². The second-order valence-electron chi connectivity index (χ2n) is 5.19. The number of hydrogen-bond donors (Lipinski definition) is 0. The fourth-order valence-electron chi connectivity index (χ4n) is 2.98. The van der Waals surface area contributed by atoms with Crippen LogP contribution in [0.25, 0.3) is 0 Å². The largest absolute Gasteiger partial charge is 0.361 e. The molecular formula is C14H19NO. The Balaban J connectivity index is 1.88. The highest BCUT2D eigenvalue weighted by molar-refractivity contribution is 5.32. The fraction of sp³-hybridized carbons (Fsp3) is 0.571. The van der Waals surface area contributed by atoms with Crippen molar-refractivity contribution in [2.75, 3.05) is 6.73 Å². The summed E-state index contributed by atoms with van der Waals surface area (Å²) in [6, 6.07) is 9.97. The predicted molar refractivity (Wildman–Crippen MR) is 64.4 cm³/mol. The Kier molecular flexibility index (Phi) is 2.49. The van der Waals surface area contributed by atoms with E-state index in [4.69, 9.17) is 4.74 Å². The first-order valence-electron chi connectivity index (χ1n) is 6.20. The summed E-state index contributed by atoms with van der Waals surface area (Å²) in [6.45, 7) is 5.32. The van der Waals surface area contributed by atoms with Crippen molar-refractivity contribution in [1.29, 1.82) is 0 Å². The lowest BCUT2D eigenvalue weighted by Crippen LogP contribution is -2.44. The van der Waals surface area contributed by atoms with Crippen LogP contribution in [0.2, 0.25) is 0 Å². The lowest BCUT2D eigenvalue weighted by atomic mass is 9.86. The molecule has 1 aliphatic heterocycles. The summed E-state index contributed by atoms with van der Waals surface area (Å²) in [4.78, 5) is 2.49. The van der Waals surface area contributed by atoms with Gasteiger partial charge in [0.25, 0.3) is 0 Å². The molecule has 2 atom stereocenters. The van der Waals surface area contributed by atoms with Crippen LogP contribution in [0.15, 0.2) is 24.3 Å². The average Bonchev–Trinajstić information content (AvgIpc) is 2.68. The van der Waals surface area contributed by atoms with E-state index < -0.39 is 0 Å². The van der Waals surface area contributed by atoms with Gasteiger partial charge in [0.1, 0.15) is 6.73 Å². The molecule has 0 saturated carbocycles. The Morgan fingerprint density at radius 2 is 1.88 bits per heavy atom. The highest BCUT2D eigenvalue weighted by Gasteiger charge is 2.39. The first kappa shape index (κ1) is 10.3. The molecule has 0 spiro atoms. The second-order valence-corrected chi connectivity index (χ2v) is 5.19. The third-order valence-corrected chi connectivity index (χ3v) is 3.92. The number of hydrogen-bond acceptors (Lipinski definition) is 2. The molecule has 2 heteroatoms. The number of nitrogens with zero attached hydrogens (tertiary/aromatic N) is 1. The van der Waals surface area contributed by atoms with Crippen molar-refractivity contribution >= 4 is 0 Å². The third kappa shape index (κ3) is 1.57. The van der Waals surface area contributed by atoms with Gasteiger partial charge in [-0.2, -0.15) is 0 Å². The summed E-state index contributed by atoms with van der Waals surface area (Å²) in [5.41, 5.74) is 2.99. The summed E-state index contributed by atoms with van der Waals surface area (Å²) in [7, 11) is 0. The summed E-state index contributed by atoms with van der Waals surface area (Å²) >= 11 is 0. The molecule has 16 heavy (non-hydrogen) atoms. The quantitative estimate of drug-likeness (QED) is 0.715. The zero-order valence-corrected chi connectivity index (χ0v) is 10.0. The van der Waals surface area contributed by atoms with Gasteiger partial charge in [0, 0.05) is 18.5 Å². The van der Waals surface area contributed by atoms with E-state index >= 15 is 0 Å². The number of fused-ring (bicyclic) bond motifs is 2. The average molecular weight is 217 g/mol. The van der Waals surface area contributed by atoms with E-state index in [2.05, 4.69) is 43.0 Å². The van der Waals surface area contributed by atoms with Crippen molar-refractivity contribution in [3.8, 4) is 0 Å². The van der Waals surface area contributed by atoms with Crippen LogP contribution >= 0.6 is 0 Å². The summed E-state index contributed by atoms with van der Waals surface area (Å²) < 4.78 is 5.91. The van der Waals surface area contributed by atoms with Crippen LogP contribution in [0.1, 0.15) is 25.0 Å². The van der Waals surface area contributed by atoms with Crippen molar-refractivity contribution in [1.82, 2.24) is 4.90 Å². The molecule has 1 aromatic carbocycles. The molecule has 0 aromatic heterocycles. The monoisotopic (exact) mass is 217 g/mol. The maximum absolute atomic E-state index is 5.91. The molecule has 1 aliphatic carbocycles. The van der Waals surface area contributed by atoms with E-state index in [1.165, 1.54) is 11.1 Å². The molecule has 1 heterocycles. The first-order valence-corrected chi connectivity index (χ1v) is 6.20. The minimum Gasteiger partial charge on any atom is -0.361 e. The van der Waals surface area contributed by atoms with Gasteiger partial charge in [-0.15, -0.1) is 0 Å². The molecule has 3 rings (SSSR count). The van der Waals surface area contributed by atoms with Gasteiger partial charge >= 0.3 is 0 Å². The van der Waals surface area contributed by atoms with Crippen molar-refractivity contribution in [2.24, 2.45) is 0 Å². The lowest BCUT2D eigenvalue weighted by molar-refractivity contribution is 0.0816. The number of benzene rings is 1. The van der Waals surface area contributed by atoms with Gasteiger partial charge in [-0.25, -0.2) is 0 Å². The minimum atomic E-state index is 0.414. The predicted octanol–water partition coefficient (Wildman–Crippen LogP) is 2.22. The van der Waals surface area contributed by atoms with Crippen LogP contribution in [-0.2, 0) is 17.6 Å². The zero-order chi connectivity index (χ0) is 11.1. The van der Waals surface area contributed by atoms with Gasteiger partial charge in [0.15, 0.2) is 0 Å². The van der Waals surface area contributed by atoms with E-state index in [1.54, 1.807) is 0 Å². The summed E-state index contributed by atoms with van der Waals surface area (Å²) in [6.07, 6.45) is 2.65. The maximum Gasteiger partial charge on any atom is 0.100 e. The Bertz CT molecular complexity index is 388. The van der Waals surface area contributed by atoms with Crippen molar-refractivity contribution < 1.29 is 4.74 Å². The van der Waals surface area contributed by atoms with Crippen LogP contribution in [0.5, 0.6) is 0 Å². The molecule has 0 N–H and O–H groups in total. The Morgan fingerprint density at radius 1 is 1.19 bits per heavy atom. The Morgan fingerprint density at radius 3 is 2.56 bits per heavy atom. The number of ether oxygens (including phenoxy) is 1. The van der Waals surface area contributed by atoms with Crippen molar-refractivity contribution in [3.05, 3.63) is 35.4 Å². The molecule has 86 valence electrons. The highest BCUT2D eigenvalue weighted by Crippen LogP contribution is 2.31. The maximum atomic E-state index is 5.91. The third-order valence-electron chi connectivity index (χ3n) is 3.92. The molecule has 2 nitrogen and oxygen atoms in total. The SMILES string of the molecule is CC(C)N1COC2Cc3ccccc3CC21. The molecule has 2 aliphatic rings. The van der Waals surface area contributed by atoms with Crippen molar-refractivity contribution in [3.63, 3.8) is 0 Å². The normalized spacial score (nSPS) is 29.2. The Hall–Kier alpha value is -0.860. The topological polar surface area (TPSA) is 12.5 Å². The highest BCUT2D eigenvalue weighted by atomic mass is 16.5. The standard InChI is InChI=1S/C14H19NO/c1-10(2)15-9-16-14-8-12-6-4-3-5-11(12)7-13(14)15/h3-6,10,13-14H,7-9H2,1-2H3. The molecule has 0 radical (unpaired) electrons. The number of rotatable bonds is 1. The van der Waals surface area contributed by atoms with Gasteiger partial charge in [-0.3, -0.25) is 4.90 Å². The van der Waals surface area contributed by atoms with E-state index in [-0.39, 0.29) is 0 Å². The Labute approximate surface area is 97.2 Å². The van der Waals surface area contributed by atoms with Gasteiger partial charge in [0.2, 0.25) is 0 Å². The zero-order valence-electron chi connectivity index (χ0n) is 10.0. The lowest BCUT2D eigenvalue weighted by Gasteiger charge is -2.33. The molecule has 1 fully saturated rings. The van der Waals surface area contributed by atoms with E-state index in [0.717, 1.165) is 19.6 Å². The van der Waals surface area contributed by atoms with Crippen LogP contribution in [-0.4, -0.2) is 29.8 Å². The summed E-state index contributed by atoms with van der Waals surface area (Å²) in [5, 5.41) is 0. The first-order chi connectivity index (χ1) is 7.75. The van der Waals surface area contributed by atoms with Crippen LogP contribution in [0, 0.1) is 0 Å². The van der Waals surface area contributed by atoms with E-state index in [1.807, 2.05) is 0 Å². The second kappa shape index (κ2) is 3.86. The van der Waals surface area contributed by atoms with Gasteiger partial charge in [-0.05, 0) is 31.4 Å². The van der Waals surface area contributed by atoms with Gasteiger partial charge < -0.3 is 4.74 Å². The molecular weight excluding hydrogens is 198 g/mol. The van der Waals surface area contributed by atoms with E-state index in [9.17, 15) is 0 Å². The van der Waals surface area contributed by atoms with Gasteiger partial charge in [-0.1, -0.05) is 24.3 Å². The van der Waals surface area contributed by atoms with Crippen LogP contribution < -0.4 is 0 Å². The van der Waals surface area contributed by atoms with Gasteiger partial charge in [0.05, 0.1) is 6.10 Å². The molecule has 1 saturated heterocycles. The smallest absolute Gasteiger partial charge is 0.100 e. The molecule has 0 bridgehead atoms. The minimum absolute atomic E-state index is 0.414. The van der Waals surface area contributed by atoms with Crippen molar-refractivity contribution in [2.45, 2.75) is 44.9 Å². The summed E-state index contributed by atoms with van der Waals surface area (Å²) in [5.74, 6) is 0. The fourth-order valence-corrected chi connectivity index (χ4v) is 2.98.